The van der Waals surface area contributed by atoms with Crippen LogP contribution in [0.15, 0.2) is 23.4 Å². The number of nitro groups is 1. The van der Waals surface area contributed by atoms with Crippen LogP contribution >= 0.6 is 24.2 Å². The molecule has 0 radical (unpaired) electrons. The van der Waals surface area contributed by atoms with Gasteiger partial charge < -0.3 is 5.32 Å². The Balaban J connectivity index is 0.00000144. The topological polar surface area (TPSA) is 68.1 Å². The molecular formula is C10H14ClN3O2S. The molecule has 1 saturated heterocycles. The van der Waals surface area contributed by atoms with Gasteiger partial charge in [-0.25, -0.2) is 4.98 Å². The fourth-order valence-electron chi connectivity index (χ4n) is 1.69. The Hall–Kier alpha value is -0.850. The lowest BCUT2D eigenvalue weighted by molar-refractivity contribution is -0.388. The Bertz CT molecular complexity index is 386. The fraction of sp³-hybridized carbons (Fsp3) is 0.500. The lowest BCUT2D eigenvalue weighted by Crippen LogP contribution is -2.10. The van der Waals surface area contributed by atoms with Gasteiger partial charge in [-0.3, -0.25) is 10.1 Å². The predicted octanol–water partition coefficient (Wildman–Crippen LogP) is 2.11. The summed E-state index contributed by atoms with van der Waals surface area (Å²) in [5.41, 5.74) is 0.110. The van der Waals surface area contributed by atoms with Gasteiger partial charge in [0.15, 0.2) is 5.03 Å². The van der Waals surface area contributed by atoms with Gasteiger partial charge in [0.05, 0.1) is 4.92 Å². The number of pyridine rings is 1. The van der Waals surface area contributed by atoms with Gasteiger partial charge in [-0.2, -0.15) is 0 Å². The first-order valence-electron chi connectivity index (χ1n) is 5.20. The molecule has 0 aromatic carbocycles. The summed E-state index contributed by atoms with van der Waals surface area (Å²) in [5.74, 6) is 1.50. The van der Waals surface area contributed by atoms with Crippen molar-refractivity contribution in [2.24, 2.45) is 5.92 Å². The van der Waals surface area contributed by atoms with E-state index < -0.39 is 0 Å². The molecule has 2 rings (SSSR count). The average Bonchev–Trinajstić information content (AvgIpc) is 2.79. The number of nitrogens with one attached hydrogen (secondary N) is 1. The van der Waals surface area contributed by atoms with Crippen molar-refractivity contribution >= 4 is 29.9 Å². The number of aromatic nitrogens is 1. The van der Waals surface area contributed by atoms with E-state index in [2.05, 4.69) is 10.3 Å². The minimum Gasteiger partial charge on any atom is -0.316 e. The van der Waals surface area contributed by atoms with Crippen molar-refractivity contribution in [3.8, 4) is 0 Å². The molecular weight excluding hydrogens is 262 g/mol. The number of hydrogen-bond acceptors (Lipinski definition) is 5. The molecule has 1 fully saturated rings. The van der Waals surface area contributed by atoms with Gasteiger partial charge in [0.2, 0.25) is 0 Å². The third kappa shape index (κ3) is 3.83. The van der Waals surface area contributed by atoms with E-state index in [9.17, 15) is 10.1 Å². The zero-order valence-corrected chi connectivity index (χ0v) is 10.8. The Labute approximate surface area is 110 Å². The zero-order valence-electron chi connectivity index (χ0n) is 9.17. The van der Waals surface area contributed by atoms with Gasteiger partial charge in [-0.15, -0.1) is 12.4 Å². The van der Waals surface area contributed by atoms with Crippen molar-refractivity contribution < 1.29 is 4.92 Å². The van der Waals surface area contributed by atoms with Gasteiger partial charge in [-0.05, 0) is 31.5 Å². The Morgan fingerprint density at radius 3 is 3.12 bits per heavy atom. The van der Waals surface area contributed by atoms with E-state index in [-0.39, 0.29) is 23.0 Å². The Morgan fingerprint density at radius 1 is 1.65 bits per heavy atom. The molecule has 1 atom stereocenters. The van der Waals surface area contributed by atoms with E-state index in [1.54, 1.807) is 12.3 Å². The second-order valence-electron chi connectivity index (χ2n) is 3.75. The van der Waals surface area contributed by atoms with Crippen LogP contribution in [0.5, 0.6) is 0 Å². The molecule has 1 aromatic rings. The highest BCUT2D eigenvalue weighted by atomic mass is 35.5. The number of nitrogens with zero attached hydrogens (tertiary/aromatic N) is 2. The van der Waals surface area contributed by atoms with Crippen LogP contribution in [0.1, 0.15) is 6.42 Å². The molecule has 2 heterocycles. The normalized spacial score (nSPS) is 18.7. The molecule has 0 bridgehead atoms. The highest BCUT2D eigenvalue weighted by Crippen LogP contribution is 2.28. The minimum atomic E-state index is -0.373. The Kier molecular flexibility index (Phi) is 5.67. The van der Waals surface area contributed by atoms with Crippen molar-refractivity contribution in [3.63, 3.8) is 0 Å². The second-order valence-corrected chi connectivity index (χ2v) is 4.76. The molecule has 1 aromatic heterocycles. The maximum Gasteiger partial charge on any atom is 0.301 e. The summed E-state index contributed by atoms with van der Waals surface area (Å²) < 4.78 is 0. The van der Waals surface area contributed by atoms with Gasteiger partial charge in [0.25, 0.3) is 0 Å². The first-order chi connectivity index (χ1) is 7.77. The highest BCUT2D eigenvalue weighted by molar-refractivity contribution is 7.99. The van der Waals surface area contributed by atoms with Crippen molar-refractivity contribution in [1.82, 2.24) is 10.3 Å². The Morgan fingerprint density at radius 2 is 2.47 bits per heavy atom. The smallest absolute Gasteiger partial charge is 0.301 e. The van der Waals surface area contributed by atoms with Gasteiger partial charge in [0.1, 0.15) is 0 Å². The molecule has 1 aliphatic rings. The van der Waals surface area contributed by atoms with Crippen LogP contribution in [-0.4, -0.2) is 28.7 Å². The van der Waals surface area contributed by atoms with Crippen LogP contribution in [0.3, 0.4) is 0 Å². The van der Waals surface area contributed by atoms with E-state index in [0.29, 0.717) is 10.9 Å². The standard InChI is InChI=1S/C10H13N3O2S.ClH/c14-13(15)9-2-1-4-12-10(9)16-7-8-3-5-11-6-8;/h1-2,4,8,11H,3,5-7H2;1H. The molecule has 0 amide bonds. The molecule has 1 N–H and O–H groups in total. The van der Waals surface area contributed by atoms with Crippen molar-refractivity contribution in [2.45, 2.75) is 11.4 Å². The molecule has 0 saturated carbocycles. The summed E-state index contributed by atoms with van der Waals surface area (Å²) in [6.45, 7) is 2.06. The molecule has 1 aliphatic heterocycles. The van der Waals surface area contributed by atoms with Crippen LogP contribution in [0.4, 0.5) is 5.69 Å². The minimum absolute atomic E-state index is 0. The van der Waals surface area contributed by atoms with Gasteiger partial charge in [-0.1, -0.05) is 11.8 Å². The van der Waals surface area contributed by atoms with Crippen molar-refractivity contribution in [1.29, 1.82) is 0 Å². The molecule has 7 heteroatoms. The van der Waals surface area contributed by atoms with E-state index in [1.165, 1.54) is 17.8 Å². The monoisotopic (exact) mass is 275 g/mol. The summed E-state index contributed by atoms with van der Waals surface area (Å²) in [5, 5.41) is 14.6. The van der Waals surface area contributed by atoms with E-state index >= 15 is 0 Å². The third-order valence-electron chi connectivity index (χ3n) is 2.57. The summed E-state index contributed by atoms with van der Waals surface area (Å²) in [6.07, 6.45) is 2.75. The number of hydrogen-bond donors (Lipinski definition) is 1. The van der Waals surface area contributed by atoms with Gasteiger partial charge in [0, 0.05) is 18.0 Å². The van der Waals surface area contributed by atoms with Crippen LogP contribution in [-0.2, 0) is 0 Å². The summed E-state index contributed by atoms with van der Waals surface area (Å²) in [6, 6.07) is 3.10. The fourth-order valence-corrected chi connectivity index (χ4v) is 2.79. The number of thioether (sulfide) groups is 1. The van der Waals surface area contributed by atoms with Crippen LogP contribution in [0.25, 0.3) is 0 Å². The molecule has 0 aliphatic carbocycles. The molecule has 5 nitrogen and oxygen atoms in total. The lowest BCUT2D eigenvalue weighted by Gasteiger charge is -2.06. The van der Waals surface area contributed by atoms with Crippen molar-refractivity contribution in [2.75, 3.05) is 18.8 Å². The van der Waals surface area contributed by atoms with E-state index in [4.69, 9.17) is 0 Å². The maximum absolute atomic E-state index is 10.8. The summed E-state index contributed by atoms with van der Waals surface area (Å²) in [4.78, 5) is 14.4. The number of halogens is 1. The third-order valence-corrected chi connectivity index (χ3v) is 3.79. The maximum atomic E-state index is 10.8. The molecule has 94 valence electrons. The summed E-state index contributed by atoms with van der Waals surface area (Å²) >= 11 is 1.48. The molecule has 1 unspecified atom stereocenters. The van der Waals surface area contributed by atoms with Gasteiger partial charge >= 0.3 is 5.69 Å². The van der Waals surface area contributed by atoms with Crippen LogP contribution in [0.2, 0.25) is 0 Å². The second kappa shape index (κ2) is 6.78. The van der Waals surface area contributed by atoms with E-state index in [1.807, 2.05) is 0 Å². The number of rotatable bonds is 4. The summed E-state index contributed by atoms with van der Waals surface area (Å²) in [7, 11) is 0. The van der Waals surface area contributed by atoms with Crippen LogP contribution < -0.4 is 5.32 Å². The highest BCUT2D eigenvalue weighted by Gasteiger charge is 2.19. The quantitative estimate of drug-likeness (QED) is 0.518. The van der Waals surface area contributed by atoms with Crippen molar-refractivity contribution in [3.05, 3.63) is 28.4 Å². The first kappa shape index (κ1) is 14.2. The zero-order chi connectivity index (χ0) is 11.4. The molecule has 0 spiro atoms. The lowest BCUT2D eigenvalue weighted by atomic mass is 10.2. The first-order valence-corrected chi connectivity index (χ1v) is 6.19. The van der Waals surface area contributed by atoms with Crippen LogP contribution in [0, 0.1) is 16.0 Å². The average molecular weight is 276 g/mol. The SMILES string of the molecule is Cl.O=[N+]([O-])c1cccnc1SCC1CCNC1. The molecule has 17 heavy (non-hydrogen) atoms. The largest absolute Gasteiger partial charge is 0.316 e. The predicted molar refractivity (Wildman–Crippen MR) is 69.8 cm³/mol. The van der Waals surface area contributed by atoms with E-state index in [0.717, 1.165) is 25.3 Å².